The van der Waals surface area contributed by atoms with Gasteiger partial charge in [-0.3, -0.25) is 10.1 Å². The first-order valence-corrected chi connectivity index (χ1v) is 7.85. The average molecular weight is 371 g/mol. The Balaban J connectivity index is 2.13. The molecule has 2 N–H and O–H groups in total. The number of nitrogens with one attached hydrogen (secondary N) is 2. The minimum absolute atomic E-state index is 0.119. The lowest BCUT2D eigenvalue weighted by molar-refractivity contribution is 0.0977. The van der Waals surface area contributed by atoms with Gasteiger partial charge in [0.25, 0.3) is 5.91 Å². The number of hydrogen-bond donors (Lipinski definition) is 2. The maximum absolute atomic E-state index is 12.4. The van der Waals surface area contributed by atoms with Gasteiger partial charge in [-0.1, -0.05) is 0 Å². The molecule has 0 unspecified atom stereocenters. The monoisotopic (exact) mass is 371 g/mol. The second-order valence-corrected chi connectivity index (χ2v) is 5.42. The van der Waals surface area contributed by atoms with Crippen molar-refractivity contribution in [2.24, 2.45) is 0 Å². The van der Waals surface area contributed by atoms with Crippen LogP contribution in [0, 0.1) is 11.3 Å². The molecule has 2 aromatic rings. The summed E-state index contributed by atoms with van der Waals surface area (Å²) in [4.78, 5) is 12.4. The SMILES string of the molecule is COc1cc(C(=O)NC(=S)Nc2ccc(C#N)cc2)cc(OC)c1OC. The number of nitrogens with zero attached hydrogens (tertiary/aromatic N) is 1. The fraction of sp³-hybridized carbons (Fsp3) is 0.167. The lowest BCUT2D eigenvalue weighted by Gasteiger charge is -2.14. The summed E-state index contributed by atoms with van der Waals surface area (Å²) in [5.74, 6) is 0.686. The van der Waals surface area contributed by atoms with Crippen LogP contribution in [0.15, 0.2) is 36.4 Å². The Hall–Kier alpha value is -3.31. The molecule has 0 heterocycles. The zero-order valence-corrected chi connectivity index (χ0v) is 15.3. The number of nitriles is 1. The van der Waals surface area contributed by atoms with Gasteiger partial charge in [0.2, 0.25) is 5.75 Å². The highest BCUT2D eigenvalue weighted by atomic mass is 32.1. The van der Waals surface area contributed by atoms with Crippen molar-refractivity contribution in [1.82, 2.24) is 5.32 Å². The van der Waals surface area contributed by atoms with E-state index in [1.54, 1.807) is 24.3 Å². The Morgan fingerprint density at radius 1 is 1.04 bits per heavy atom. The molecule has 7 nitrogen and oxygen atoms in total. The first-order chi connectivity index (χ1) is 12.5. The molecule has 1 amide bonds. The van der Waals surface area contributed by atoms with Crippen LogP contribution in [0.4, 0.5) is 5.69 Å². The van der Waals surface area contributed by atoms with Crippen LogP contribution in [0.3, 0.4) is 0 Å². The van der Waals surface area contributed by atoms with Gasteiger partial charge in [0.1, 0.15) is 0 Å². The summed E-state index contributed by atoms with van der Waals surface area (Å²) in [6, 6.07) is 11.8. The molecule has 26 heavy (non-hydrogen) atoms. The van der Waals surface area contributed by atoms with Gasteiger partial charge in [0.15, 0.2) is 16.6 Å². The number of ether oxygens (including phenoxy) is 3. The molecule has 2 rings (SSSR count). The molecule has 0 aliphatic rings. The van der Waals surface area contributed by atoms with Crippen molar-refractivity contribution in [3.63, 3.8) is 0 Å². The summed E-state index contributed by atoms with van der Waals surface area (Å²) < 4.78 is 15.7. The predicted octanol–water partition coefficient (Wildman–Crippen LogP) is 2.71. The first-order valence-electron chi connectivity index (χ1n) is 7.45. The quantitative estimate of drug-likeness (QED) is 0.781. The van der Waals surface area contributed by atoms with Crippen LogP contribution in [0.1, 0.15) is 15.9 Å². The van der Waals surface area contributed by atoms with Crippen LogP contribution < -0.4 is 24.8 Å². The molecular formula is C18H17N3O4S. The maximum atomic E-state index is 12.4. The second kappa shape index (κ2) is 8.69. The fourth-order valence-electron chi connectivity index (χ4n) is 2.18. The average Bonchev–Trinajstić information content (AvgIpc) is 2.67. The number of carbonyl (C=O) groups is 1. The van der Waals surface area contributed by atoms with Crippen molar-refractivity contribution < 1.29 is 19.0 Å². The highest BCUT2D eigenvalue weighted by Crippen LogP contribution is 2.38. The van der Waals surface area contributed by atoms with E-state index in [0.29, 0.717) is 34.1 Å². The Morgan fingerprint density at radius 3 is 2.08 bits per heavy atom. The molecule has 0 bridgehead atoms. The van der Waals surface area contributed by atoms with Gasteiger partial charge in [-0.2, -0.15) is 5.26 Å². The summed E-state index contributed by atoms with van der Waals surface area (Å²) in [7, 11) is 4.42. The summed E-state index contributed by atoms with van der Waals surface area (Å²) >= 11 is 5.15. The predicted molar refractivity (Wildman–Crippen MR) is 101 cm³/mol. The van der Waals surface area contributed by atoms with E-state index < -0.39 is 5.91 Å². The smallest absolute Gasteiger partial charge is 0.257 e. The highest BCUT2D eigenvalue weighted by molar-refractivity contribution is 7.80. The van der Waals surface area contributed by atoms with Gasteiger partial charge in [-0.25, -0.2) is 0 Å². The molecule has 0 aliphatic heterocycles. The van der Waals surface area contributed by atoms with Crippen molar-refractivity contribution >= 4 is 28.9 Å². The van der Waals surface area contributed by atoms with E-state index in [1.165, 1.54) is 33.5 Å². The number of benzene rings is 2. The van der Waals surface area contributed by atoms with Crippen molar-refractivity contribution in [2.75, 3.05) is 26.6 Å². The number of methoxy groups -OCH3 is 3. The van der Waals surface area contributed by atoms with Crippen LogP contribution in [0.5, 0.6) is 17.2 Å². The van der Waals surface area contributed by atoms with E-state index in [0.717, 1.165) is 0 Å². The first kappa shape index (κ1) is 19.0. The molecular weight excluding hydrogens is 354 g/mol. The summed E-state index contributed by atoms with van der Waals surface area (Å²) in [6.07, 6.45) is 0. The third-order valence-corrected chi connectivity index (χ3v) is 3.63. The summed E-state index contributed by atoms with van der Waals surface area (Å²) in [6.45, 7) is 0. The zero-order valence-electron chi connectivity index (χ0n) is 14.5. The molecule has 0 atom stereocenters. The van der Waals surface area contributed by atoms with E-state index in [4.69, 9.17) is 31.7 Å². The topological polar surface area (TPSA) is 92.6 Å². The standard InChI is InChI=1S/C18H17N3O4S/c1-23-14-8-12(9-15(24-2)16(14)25-3)17(22)21-18(26)20-13-6-4-11(10-19)5-7-13/h4-9H,1-3H3,(H2,20,21,22,26). The molecule has 2 aromatic carbocycles. The molecule has 0 fully saturated rings. The van der Waals surface area contributed by atoms with Gasteiger partial charge < -0.3 is 19.5 Å². The molecule has 0 radical (unpaired) electrons. The van der Waals surface area contributed by atoms with E-state index >= 15 is 0 Å². The molecule has 0 spiro atoms. The van der Waals surface area contributed by atoms with Gasteiger partial charge in [0.05, 0.1) is 33.0 Å². The van der Waals surface area contributed by atoms with Crippen LogP contribution in [0.2, 0.25) is 0 Å². The Labute approximate surface area is 156 Å². The Bertz CT molecular complexity index is 835. The van der Waals surface area contributed by atoms with Gasteiger partial charge in [-0.05, 0) is 48.6 Å². The molecule has 8 heteroatoms. The van der Waals surface area contributed by atoms with E-state index in [9.17, 15) is 4.79 Å². The maximum Gasteiger partial charge on any atom is 0.257 e. The van der Waals surface area contributed by atoms with Gasteiger partial charge in [0, 0.05) is 11.3 Å². The van der Waals surface area contributed by atoms with E-state index in [-0.39, 0.29) is 5.11 Å². The van der Waals surface area contributed by atoms with Crippen molar-refractivity contribution in [3.8, 4) is 23.3 Å². The highest BCUT2D eigenvalue weighted by Gasteiger charge is 2.17. The van der Waals surface area contributed by atoms with Gasteiger partial charge >= 0.3 is 0 Å². The van der Waals surface area contributed by atoms with E-state index in [2.05, 4.69) is 10.6 Å². The number of rotatable bonds is 5. The van der Waals surface area contributed by atoms with Crippen LogP contribution >= 0.6 is 12.2 Å². The van der Waals surface area contributed by atoms with Crippen molar-refractivity contribution in [2.45, 2.75) is 0 Å². The molecule has 0 saturated carbocycles. The Kier molecular flexibility index (Phi) is 6.36. The van der Waals surface area contributed by atoms with Crippen molar-refractivity contribution in [1.29, 1.82) is 5.26 Å². The number of carbonyl (C=O) groups excluding carboxylic acids is 1. The normalized spacial score (nSPS) is 9.62. The zero-order chi connectivity index (χ0) is 19.1. The summed E-state index contributed by atoms with van der Waals surface area (Å²) in [5.41, 5.74) is 1.48. The van der Waals surface area contributed by atoms with Crippen molar-refractivity contribution in [3.05, 3.63) is 47.5 Å². The molecule has 0 saturated heterocycles. The number of thiocarbonyl (C=S) groups is 1. The molecule has 134 valence electrons. The summed E-state index contributed by atoms with van der Waals surface area (Å²) in [5, 5.41) is 14.4. The van der Waals surface area contributed by atoms with Crippen LogP contribution in [0.25, 0.3) is 0 Å². The minimum Gasteiger partial charge on any atom is -0.493 e. The number of amides is 1. The van der Waals surface area contributed by atoms with Crippen LogP contribution in [-0.4, -0.2) is 32.3 Å². The lowest BCUT2D eigenvalue weighted by Crippen LogP contribution is -2.34. The van der Waals surface area contributed by atoms with E-state index in [1.807, 2.05) is 6.07 Å². The Morgan fingerprint density at radius 2 is 1.62 bits per heavy atom. The number of anilines is 1. The van der Waals surface area contributed by atoms with Crippen LogP contribution in [-0.2, 0) is 0 Å². The second-order valence-electron chi connectivity index (χ2n) is 5.01. The molecule has 0 aliphatic carbocycles. The molecule has 0 aromatic heterocycles. The number of hydrogen-bond acceptors (Lipinski definition) is 6. The lowest BCUT2D eigenvalue weighted by atomic mass is 10.1. The fourth-order valence-corrected chi connectivity index (χ4v) is 2.39. The minimum atomic E-state index is -0.435. The third-order valence-electron chi connectivity index (χ3n) is 3.43. The van der Waals surface area contributed by atoms with Gasteiger partial charge in [-0.15, -0.1) is 0 Å². The third kappa shape index (κ3) is 4.40. The largest absolute Gasteiger partial charge is 0.493 e.